The molecule has 0 spiro atoms. The van der Waals surface area contributed by atoms with E-state index >= 15 is 0 Å². The maximum Gasteiger partial charge on any atom is 0.0438 e. The van der Waals surface area contributed by atoms with E-state index in [4.69, 9.17) is 0 Å². The fourth-order valence-electron chi connectivity index (χ4n) is 2.05. The maximum atomic E-state index is 3.68. The predicted molar refractivity (Wildman–Crippen MR) is 76.0 cm³/mol. The Bertz CT molecular complexity index is 356. The van der Waals surface area contributed by atoms with E-state index in [-0.39, 0.29) is 0 Å². The first-order valence-corrected chi connectivity index (χ1v) is 7.61. The van der Waals surface area contributed by atoms with Gasteiger partial charge in [0.05, 0.1) is 0 Å². The number of hydrogen-bond donors (Lipinski definition) is 1. The van der Waals surface area contributed by atoms with Crippen LogP contribution in [-0.2, 0) is 0 Å². The Hall–Kier alpha value is 0.01000. The number of hydrogen-bond acceptors (Lipinski definition) is 2. The highest BCUT2D eigenvalue weighted by atomic mass is 79.9. The SMILES string of the molecule is CC1CNC(c2cccc(Br)c2)C(C)SC1. The Morgan fingerprint density at radius 3 is 2.94 bits per heavy atom. The minimum atomic E-state index is 0.479. The third-order valence-electron chi connectivity index (χ3n) is 3.01. The van der Waals surface area contributed by atoms with Crippen molar-refractivity contribution in [2.45, 2.75) is 25.1 Å². The van der Waals surface area contributed by atoms with E-state index in [1.165, 1.54) is 15.8 Å². The van der Waals surface area contributed by atoms with Crippen molar-refractivity contribution >= 4 is 27.7 Å². The van der Waals surface area contributed by atoms with Crippen molar-refractivity contribution in [1.29, 1.82) is 0 Å². The molecule has 2 rings (SSSR count). The molecule has 1 aliphatic heterocycles. The summed E-state index contributed by atoms with van der Waals surface area (Å²) >= 11 is 5.62. The predicted octanol–water partition coefficient (Wildman–Crippen LogP) is 3.85. The summed E-state index contributed by atoms with van der Waals surface area (Å²) in [5.41, 5.74) is 1.39. The van der Waals surface area contributed by atoms with Gasteiger partial charge in [-0.3, -0.25) is 0 Å². The third-order valence-corrected chi connectivity index (χ3v) is 5.06. The van der Waals surface area contributed by atoms with Gasteiger partial charge in [0.2, 0.25) is 0 Å². The van der Waals surface area contributed by atoms with E-state index in [0.29, 0.717) is 11.3 Å². The van der Waals surface area contributed by atoms with Gasteiger partial charge in [0, 0.05) is 15.8 Å². The maximum absolute atomic E-state index is 3.68. The van der Waals surface area contributed by atoms with E-state index in [9.17, 15) is 0 Å². The molecule has 3 heteroatoms. The monoisotopic (exact) mass is 299 g/mol. The van der Waals surface area contributed by atoms with Crippen LogP contribution in [0.3, 0.4) is 0 Å². The van der Waals surface area contributed by atoms with Crippen LogP contribution >= 0.6 is 27.7 Å². The van der Waals surface area contributed by atoms with Crippen LogP contribution in [0.15, 0.2) is 28.7 Å². The molecule has 0 bridgehead atoms. The molecule has 1 heterocycles. The van der Waals surface area contributed by atoms with Gasteiger partial charge in [-0.25, -0.2) is 0 Å². The normalized spacial score (nSPS) is 31.1. The number of benzene rings is 1. The molecule has 1 aromatic rings. The van der Waals surface area contributed by atoms with E-state index in [1.54, 1.807) is 0 Å². The summed E-state index contributed by atoms with van der Waals surface area (Å²) in [5.74, 6) is 2.03. The lowest BCUT2D eigenvalue weighted by Gasteiger charge is -2.22. The lowest BCUT2D eigenvalue weighted by Crippen LogP contribution is -2.29. The standard InChI is InChI=1S/C13H18BrNS/c1-9-7-15-13(10(2)16-8-9)11-4-3-5-12(14)6-11/h3-6,9-10,13,15H,7-8H2,1-2H3. The van der Waals surface area contributed by atoms with E-state index < -0.39 is 0 Å². The van der Waals surface area contributed by atoms with Gasteiger partial charge in [0.15, 0.2) is 0 Å². The molecule has 1 fully saturated rings. The topological polar surface area (TPSA) is 12.0 Å². The molecule has 1 nitrogen and oxygen atoms in total. The fraction of sp³-hybridized carbons (Fsp3) is 0.538. The van der Waals surface area contributed by atoms with Crippen molar-refractivity contribution in [3.8, 4) is 0 Å². The summed E-state index contributed by atoms with van der Waals surface area (Å²) in [6.45, 7) is 5.76. The molecule has 1 aliphatic rings. The highest BCUT2D eigenvalue weighted by Crippen LogP contribution is 2.31. The van der Waals surface area contributed by atoms with Crippen molar-refractivity contribution in [2.75, 3.05) is 12.3 Å². The molecule has 0 aliphatic carbocycles. The van der Waals surface area contributed by atoms with Crippen LogP contribution in [0.25, 0.3) is 0 Å². The lowest BCUT2D eigenvalue weighted by molar-refractivity contribution is 0.490. The molecule has 0 aromatic heterocycles. The quantitative estimate of drug-likeness (QED) is 0.845. The summed E-state index contributed by atoms with van der Waals surface area (Å²) in [5, 5.41) is 4.32. The third kappa shape index (κ3) is 3.02. The summed E-state index contributed by atoms with van der Waals surface area (Å²) in [6, 6.07) is 9.13. The van der Waals surface area contributed by atoms with E-state index in [1.807, 2.05) is 0 Å². The van der Waals surface area contributed by atoms with Crippen LogP contribution in [0.2, 0.25) is 0 Å². The van der Waals surface area contributed by atoms with E-state index in [2.05, 4.69) is 71.1 Å². The molecule has 88 valence electrons. The van der Waals surface area contributed by atoms with Gasteiger partial charge in [0.1, 0.15) is 0 Å². The van der Waals surface area contributed by atoms with E-state index in [0.717, 1.165) is 12.5 Å². The molecule has 3 atom stereocenters. The molecule has 0 saturated carbocycles. The van der Waals surface area contributed by atoms with Gasteiger partial charge in [-0.2, -0.15) is 11.8 Å². The highest BCUT2D eigenvalue weighted by molar-refractivity contribution is 9.10. The second-order valence-corrected chi connectivity index (χ2v) is 6.91. The molecule has 0 amide bonds. The zero-order valence-electron chi connectivity index (χ0n) is 9.74. The van der Waals surface area contributed by atoms with Crippen LogP contribution in [0, 0.1) is 5.92 Å². The van der Waals surface area contributed by atoms with Crippen LogP contribution in [0.5, 0.6) is 0 Å². The van der Waals surface area contributed by atoms with Crippen LogP contribution in [0.4, 0.5) is 0 Å². The van der Waals surface area contributed by atoms with Crippen molar-refractivity contribution in [3.63, 3.8) is 0 Å². The summed E-state index contributed by atoms with van der Waals surface area (Å²) < 4.78 is 1.17. The molecular weight excluding hydrogens is 282 g/mol. The lowest BCUT2D eigenvalue weighted by atomic mass is 10.0. The zero-order chi connectivity index (χ0) is 11.5. The van der Waals surface area contributed by atoms with Crippen molar-refractivity contribution in [3.05, 3.63) is 34.3 Å². The number of nitrogens with one attached hydrogen (secondary N) is 1. The van der Waals surface area contributed by atoms with Crippen molar-refractivity contribution in [1.82, 2.24) is 5.32 Å². The molecule has 1 saturated heterocycles. The Balaban J connectivity index is 2.18. The fourth-order valence-corrected chi connectivity index (χ4v) is 3.67. The van der Waals surface area contributed by atoms with Gasteiger partial charge < -0.3 is 5.32 Å². The summed E-state index contributed by atoms with van der Waals surface area (Å²) in [6.07, 6.45) is 0. The average Bonchev–Trinajstić information content (AvgIpc) is 2.42. The van der Waals surface area contributed by atoms with Crippen molar-refractivity contribution < 1.29 is 0 Å². The Labute approximate surface area is 111 Å². The summed E-state index contributed by atoms with van der Waals surface area (Å²) in [7, 11) is 0. The van der Waals surface area contributed by atoms with Gasteiger partial charge in [-0.1, -0.05) is 41.9 Å². The average molecular weight is 300 g/mol. The minimum absolute atomic E-state index is 0.479. The zero-order valence-corrected chi connectivity index (χ0v) is 12.1. The highest BCUT2D eigenvalue weighted by Gasteiger charge is 2.23. The molecule has 0 radical (unpaired) electrons. The molecule has 3 unspecified atom stereocenters. The molecular formula is C13H18BrNS. The van der Waals surface area contributed by atoms with Crippen LogP contribution in [0.1, 0.15) is 25.5 Å². The van der Waals surface area contributed by atoms with Crippen LogP contribution in [-0.4, -0.2) is 17.5 Å². The Kier molecular flexibility index (Phi) is 4.34. The Morgan fingerprint density at radius 1 is 1.38 bits per heavy atom. The first-order chi connectivity index (χ1) is 7.66. The van der Waals surface area contributed by atoms with Crippen molar-refractivity contribution in [2.24, 2.45) is 5.92 Å². The molecule has 1 aromatic carbocycles. The molecule has 1 N–H and O–H groups in total. The second kappa shape index (κ2) is 5.56. The minimum Gasteiger partial charge on any atom is -0.309 e. The van der Waals surface area contributed by atoms with Crippen LogP contribution < -0.4 is 5.32 Å². The van der Waals surface area contributed by atoms with Gasteiger partial charge in [-0.15, -0.1) is 0 Å². The smallest absolute Gasteiger partial charge is 0.0438 e. The van der Waals surface area contributed by atoms with Gasteiger partial charge in [0.25, 0.3) is 0 Å². The second-order valence-electron chi connectivity index (χ2n) is 4.58. The first-order valence-electron chi connectivity index (χ1n) is 5.77. The summed E-state index contributed by atoms with van der Waals surface area (Å²) in [4.78, 5) is 0. The number of rotatable bonds is 1. The first kappa shape index (κ1) is 12.5. The number of thioether (sulfide) groups is 1. The Morgan fingerprint density at radius 2 is 2.19 bits per heavy atom. The van der Waals surface area contributed by atoms with Gasteiger partial charge in [-0.05, 0) is 35.9 Å². The molecule has 16 heavy (non-hydrogen) atoms. The largest absolute Gasteiger partial charge is 0.309 e. The van der Waals surface area contributed by atoms with Gasteiger partial charge >= 0.3 is 0 Å². The number of halogens is 1.